The first-order valence-corrected chi connectivity index (χ1v) is 5.33. The van der Waals surface area contributed by atoms with Crippen molar-refractivity contribution in [2.24, 2.45) is 10.8 Å². The number of hydrogen-bond donors (Lipinski definition) is 0. The van der Waals surface area contributed by atoms with Crippen molar-refractivity contribution in [3.63, 3.8) is 0 Å². The summed E-state index contributed by atoms with van der Waals surface area (Å²) in [5.41, 5.74) is -0.338. The van der Waals surface area contributed by atoms with E-state index >= 15 is 0 Å². The van der Waals surface area contributed by atoms with Crippen molar-refractivity contribution >= 4 is 6.16 Å². The molecule has 3 heteroatoms. The summed E-state index contributed by atoms with van der Waals surface area (Å²) < 4.78 is 9.60. The fraction of sp³-hybridized carbons (Fsp3) is 0.769. The molecule has 1 unspecified atom stereocenters. The number of hydrogen-bond acceptors (Lipinski definition) is 3. The van der Waals surface area contributed by atoms with Gasteiger partial charge in [-0.15, -0.1) is 0 Å². The minimum Gasteiger partial charge on any atom is -0.438 e. The van der Waals surface area contributed by atoms with E-state index < -0.39 is 12.3 Å². The average Bonchev–Trinajstić information content (AvgIpc) is 2.08. The molecule has 0 saturated heterocycles. The van der Waals surface area contributed by atoms with Crippen LogP contribution in [-0.2, 0) is 9.47 Å². The molecule has 0 saturated carbocycles. The topological polar surface area (TPSA) is 35.5 Å². The molecular formula is C13H22O3. The highest BCUT2D eigenvalue weighted by Crippen LogP contribution is 2.23. The molecule has 16 heavy (non-hydrogen) atoms. The standard InChI is InChI=1S/C13H22O3/c1-12(2,3)9-8-10(13(4,5)6)16-11(14)15-7/h10H,1-7H3. The van der Waals surface area contributed by atoms with Gasteiger partial charge < -0.3 is 9.47 Å². The van der Waals surface area contributed by atoms with Crippen LogP contribution < -0.4 is 0 Å². The van der Waals surface area contributed by atoms with E-state index in [0.29, 0.717) is 0 Å². The van der Waals surface area contributed by atoms with Crippen molar-refractivity contribution in [1.82, 2.24) is 0 Å². The van der Waals surface area contributed by atoms with E-state index in [2.05, 4.69) is 16.6 Å². The van der Waals surface area contributed by atoms with Gasteiger partial charge in [-0.3, -0.25) is 0 Å². The molecule has 0 fully saturated rings. The zero-order valence-corrected chi connectivity index (χ0v) is 11.3. The first kappa shape index (κ1) is 14.8. The molecule has 92 valence electrons. The fourth-order valence-corrected chi connectivity index (χ4v) is 0.849. The Labute approximate surface area is 98.5 Å². The molecule has 0 N–H and O–H groups in total. The SMILES string of the molecule is COC(=O)OC(C#CC(C)(C)C)C(C)(C)C. The third-order valence-corrected chi connectivity index (χ3v) is 1.75. The number of carbonyl (C=O) groups is 1. The molecule has 0 radical (unpaired) electrons. The Morgan fingerprint density at radius 1 is 1.12 bits per heavy atom. The maximum atomic E-state index is 11.1. The smallest absolute Gasteiger partial charge is 0.438 e. The Hall–Kier alpha value is -1.17. The molecule has 0 aliphatic carbocycles. The maximum absolute atomic E-state index is 11.1. The van der Waals surface area contributed by atoms with Crippen LogP contribution in [0, 0.1) is 22.7 Å². The predicted molar refractivity (Wildman–Crippen MR) is 64.0 cm³/mol. The first-order chi connectivity index (χ1) is 7.06. The van der Waals surface area contributed by atoms with Crippen LogP contribution in [-0.4, -0.2) is 19.4 Å². The van der Waals surface area contributed by atoms with Gasteiger partial charge in [-0.2, -0.15) is 0 Å². The lowest BCUT2D eigenvalue weighted by atomic mass is 9.88. The number of carbonyl (C=O) groups excluding carboxylic acids is 1. The number of ether oxygens (including phenoxy) is 2. The van der Waals surface area contributed by atoms with Gasteiger partial charge in [-0.05, 0) is 20.8 Å². The predicted octanol–water partition coefficient (Wildman–Crippen LogP) is 3.23. The van der Waals surface area contributed by atoms with Crippen LogP contribution in [0.25, 0.3) is 0 Å². The summed E-state index contributed by atoms with van der Waals surface area (Å²) >= 11 is 0. The van der Waals surface area contributed by atoms with Crippen LogP contribution in [0.15, 0.2) is 0 Å². The van der Waals surface area contributed by atoms with Crippen LogP contribution in [0.2, 0.25) is 0 Å². The first-order valence-electron chi connectivity index (χ1n) is 5.33. The molecule has 0 rings (SSSR count). The summed E-state index contributed by atoms with van der Waals surface area (Å²) in [5.74, 6) is 6.07. The van der Waals surface area contributed by atoms with Crippen molar-refractivity contribution in [2.75, 3.05) is 7.11 Å². The molecule has 0 aliphatic heterocycles. The van der Waals surface area contributed by atoms with Crippen molar-refractivity contribution in [3.05, 3.63) is 0 Å². The third kappa shape index (κ3) is 6.34. The van der Waals surface area contributed by atoms with Gasteiger partial charge >= 0.3 is 6.16 Å². The zero-order chi connectivity index (χ0) is 13.0. The quantitative estimate of drug-likeness (QED) is 0.508. The Morgan fingerprint density at radius 2 is 1.62 bits per heavy atom. The molecule has 1 atom stereocenters. The molecule has 0 heterocycles. The van der Waals surface area contributed by atoms with E-state index in [4.69, 9.17) is 4.74 Å². The van der Waals surface area contributed by atoms with E-state index in [1.54, 1.807) is 0 Å². The van der Waals surface area contributed by atoms with Crippen LogP contribution >= 0.6 is 0 Å². The Kier molecular flexibility index (Phi) is 4.86. The Bertz CT molecular complexity index is 294. The third-order valence-electron chi connectivity index (χ3n) is 1.75. The largest absolute Gasteiger partial charge is 0.509 e. The van der Waals surface area contributed by atoms with Crippen LogP contribution in [0.3, 0.4) is 0 Å². The van der Waals surface area contributed by atoms with Crippen molar-refractivity contribution in [3.8, 4) is 11.8 Å². The normalized spacial score (nSPS) is 13.4. The lowest BCUT2D eigenvalue weighted by molar-refractivity contribution is 0.0185. The van der Waals surface area contributed by atoms with E-state index in [9.17, 15) is 4.79 Å². The van der Waals surface area contributed by atoms with Gasteiger partial charge in [0.2, 0.25) is 0 Å². The lowest BCUT2D eigenvalue weighted by Crippen LogP contribution is -2.30. The van der Waals surface area contributed by atoms with Gasteiger partial charge in [-0.25, -0.2) is 4.79 Å². The summed E-state index contributed by atoms with van der Waals surface area (Å²) in [7, 11) is 1.29. The van der Waals surface area contributed by atoms with E-state index in [-0.39, 0.29) is 10.8 Å². The molecule has 0 aromatic carbocycles. The second kappa shape index (κ2) is 5.25. The highest BCUT2D eigenvalue weighted by Gasteiger charge is 2.27. The average molecular weight is 226 g/mol. The van der Waals surface area contributed by atoms with Gasteiger partial charge in [0.1, 0.15) is 0 Å². The monoisotopic (exact) mass is 226 g/mol. The molecule has 0 spiro atoms. The van der Waals surface area contributed by atoms with Gasteiger partial charge in [0, 0.05) is 10.8 Å². The van der Waals surface area contributed by atoms with E-state index in [1.807, 2.05) is 41.5 Å². The molecular weight excluding hydrogens is 204 g/mol. The van der Waals surface area contributed by atoms with Gasteiger partial charge in [0.25, 0.3) is 0 Å². The fourth-order valence-electron chi connectivity index (χ4n) is 0.849. The molecule has 0 bridgehead atoms. The van der Waals surface area contributed by atoms with Crippen LogP contribution in [0.4, 0.5) is 4.79 Å². The molecule has 0 aromatic rings. The molecule has 0 aromatic heterocycles. The Morgan fingerprint density at radius 3 is 1.94 bits per heavy atom. The van der Waals surface area contributed by atoms with Gasteiger partial charge in [0.05, 0.1) is 7.11 Å². The number of rotatable bonds is 1. The van der Waals surface area contributed by atoms with Gasteiger partial charge in [0.15, 0.2) is 6.10 Å². The lowest BCUT2D eigenvalue weighted by Gasteiger charge is -2.25. The second-order valence-corrected chi connectivity index (χ2v) is 5.84. The summed E-state index contributed by atoms with van der Waals surface area (Å²) in [6.07, 6.45) is -1.15. The Balaban J connectivity index is 4.82. The summed E-state index contributed by atoms with van der Waals surface area (Å²) in [4.78, 5) is 11.1. The van der Waals surface area contributed by atoms with E-state index in [0.717, 1.165) is 0 Å². The summed E-state index contributed by atoms with van der Waals surface area (Å²) in [6.45, 7) is 11.9. The van der Waals surface area contributed by atoms with E-state index in [1.165, 1.54) is 7.11 Å². The molecule has 0 aliphatic rings. The van der Waals surface area contributed by atoms with Gasteiger partial charge in [-0.1, -0.05) is 32.6 Å². The highest BCUT2D eigenvalue weighted by molar-refractivity contribution is 5.60. The van der Waals surface area contributed by atoms with Crippen molar-refractivity contribution in [1.29, 1.82) is 0 Å². The van der Waals surface area contributed by atoms with Crippen molar-refractivity contribution < 1.29 is 14.3 Å². The minimum absolute atomic E-state index is 0.108. The van der Waals surface area contributed by atoms with Crippen molar-refractivity contribution in [2.45, 2.75) is 47.6 Å². The highest BCUT2D eigenvalue weighted by atomic mass is 16.7. The maximum Gasteiger partial charge on any atom is 0.509 e. The van der Waals surface area contributed by atoms with Crippen LogP contribution in [0.5, 0.6) is 0 Å². The summed E-state index contributed by atoms with van der Waals surface area (Å²) in [6, 6.07) is 0. The second-order valence-electron chi connectivity index (χ2n) is 5.84. The zero-order valence-electron chi connectivity index (χ0n) is 11.3. The number of methoxy groups -OCH3 is 1. The summed E-state index contributed by atoms with van der Waals surface area (Å²) in [5, 5.41) is 0. The molecule has 0 amide bonds. The molecule has 3 nitrogen and oxygen atoms in total. The minimum atomic E-state index is -0.692. The van der Waals surface area contributed by atoms with Crippen LogP contribution in [0.1, 0.15) is 41.5 Å².